The number of aromatic nitrogens is 3. The van der Waals surface area contributed by atoms with E-state index in [-0.39, 0.29) is 11.2 Å². The molecule has 2 aromatic carbocycles. The number of carbonyl (C=O) groups is 1. The van der Waals surface area contributed by atoms with Crippen molar-refractivity contribution in [3.63, 3.8) is 0 Å². The highest BCUT2D eigenvalue weighted by molar-refractivity contribution is 6.30. The molecular weight excluding hydrogens is 394 g/mol. The van der Waals surface area contributed by atoms with Crippen molar-refractivity contribution in [1.29, 1.82) is 0 Å². The van der Waals surface area contributed by atoms with Gasteiger partial charge in [0.25, 0.3) is 0 Å². The number of fused-ring (bicyclic) bond motifs is 2. The molecule has 1 aliphatic rings. The second-order valence-electron chi connectivity index (χ2n) is 8.79. The maximum absolute atomic E-state index is 13.3. The van der Waals surface area contributed by atoms with Crippen LogP contribution < -0.4 is 0 Å². The molecule has 0 atom stereocenters. The number of halogens is 1. The minimum atomic E-state index is -0.116. The predicted molar refractivity (Wildman–Crippen MR) is 120 cm³/mol. The minimum Gasteiger partial charge on any atom is -0.294 e. The first-order chi connectivity index (χ1) is 14.3. The van der Waals surface area contributed by atoms with Crippen LogP contribution in [0.4, 0.5) is 0 Å². The molecule has 1 aliphatic carbocycles. The Kier molecular flexibility index (Phi) is 4.30. The highest BCUT2D eigenvalue weighted by Crippen LogP contribution is 2.42. The molecule has 0 amide bonds. The number of aryl methyl sites for hydroxylation is 1. The van der Waals surface area contributed by atoms with Crippen molar-refractivity contribution < 1.29 is 4.79 Å². The van der Waals surface area contributed by atoms with E-state index >= 15 is 0 Å². The molecule has 0 saturated heterocycles. The van der Waals surface area contributed by atoms with Gasteiger partial charge in [0.15, 0.2) is 11.4 Å². The van der Waals surface area contributed by atoms with Crippen molar-refractivity contribution in [1.82, 2.24) is 14.8 Å². The fourth-order valence-electron chi connectivity index (χ4n) is 4.49. The number of carbonyl (C=O) groups excluding carboxylic acids is 1. The molecule has 30 heavy (non-hydrogen) atoms. The number of benzene rings is 2. The molecule has 0 saturated carbocycles. The highest BCUT2D eigenvalue weighted by atomic mass is 35.5. The van der Waals surface area contributed by atoms with E-state index in [1.54, 1.807) is 0 Å². The summed E-state index contributed by atoms with van der Waals surface area (Å²) in [7, 11) is 0. The van der Waals surface area contributed by atoms with Gasteiger partial charge in [-0.1, -0.05) is 55.8 Å². The molecular formula is C25H22ClN3O. The zero-order chi connectivity index (χ0) is 21.0. The van der Waals surface area contributed by atoms with E-state index in [9.17, 15) is 4.79 Å². The summed E-state index contributed by atoms with van der Waals surface area (Å²) < 4.78 is 1.89. The van der Waals surface area contributed by atoms with Gasteiger partial charge in [-0.05, 0) is 48.6 Å². The third-order valence-electron chi connectivity index (χ3n) is 5.76. The standard InChI is InChI=1S/C25H22ClN3O/c1-15-21-22(16-9-11-17(26)12-10-16)23-19(13-25(2,3)14-20(23)30)27-24(21)29(28-15)18-7-5-4-6-8-18/h4-12H,13-14H2,1-3H3. The Morgan fingerprint density at radius 2 is 1.67 bits per heavy atom. The molecule has 0 spiro atoms. The average molecular weight is 416 g/mol. The zero-order valence-electron chi connectivity index (χ0n) is 17.2. The van der Waals surface area contributed by atoms with E-state index in [1.165, 1.54) is 0 Å². The Morgan fingerprint density at radius 3 is 2.37 bits per heavy atom. The van der Waals surface area contributed by atoms with Gasteiger partial charge in [0.05, 0.1) is 22.5 Å². The lowest BCUT2D eigenvalue weighted by Gasteiger charge is -2.31. The van der Waals surface area contributed by atoms with Crippen molar-refractivity contribution in [3.05, 3.63) is 76.6 Å². The molecule has 0 fully saturated rings. The predicted octanol–water partition coefficient (Wildman–Crippen LogP) is 6.20. The Balaban J connectivity index is 1.90. The molecule has 5 rings (SSSR count). The van der Waals surface area contributed by atoms with Gasteiger partial charge in [-0.3, -0.25) is 4.79 Å². The third kappa shape index (κ3) is 3.03. The number of rotatable bonds is 2. The van der Waals surface area contributed by atoms with Crippen molar-refractivity contribution in [3.8, 4) is 16.8 Å². The fraction of sp³-hybridized carbons (Fsp3) is 0.240. The Labute approximate surface area is 180 Å². The lowest BCUT2D eigenvalue weighted by molar-refractivity contribution is 0.0911. The molecule has 0 aliphatic heterocycles. The van der Waals surface area contributed by atoms with E-state index in [0.717, 1.165) is 51.2 Å². The Morgan fingerprint density at radius 1 is 0.967 bits per heavy atom. The van der Waals surface area contributed by atoms with Gasteiger partial charge in [0.2, 0.25) is 0 Å². The molecule has 5 heteroatoms. The first-order valence-corrected chi connectivity index (χ1v) is 10.5. The second-order valence-corrected chi connectivity index (χ2v) is 9.22. The normalized spacial score (nSPS) is 15.4. The summed E-state index contributed by atoms with van der Waals surface area (Å²) in [5, 5.41) is 6.41. The largest absolute Gasteiger partial charge is 0.294 e. The van der Waals surface area contributed by atoms with Gasteiger partial charge in [-0.15, -0.1) is 0 Å². The summed E-state index contributed by atoms with van der Waals surface area (Å²) in [4.78, 5) is 18.3. The summed E-state index contributed by atoms with van der Waals surface area (Å²) in [5.74, 6) is 0.146. The van der Waals surface area contributed by atoms with Crippen LogP contribution in [0.1, 0.15) is 42.0 Å². The number of hydrogen-bond donors (Lipinski definition) is 0. The smallest absolute Gasteiger partial charge is 0.165 e. The number of Topliss-reactive ketones (excluding diaryl/α,β-unsaturated/α-hetero) is 1. The summed E-state index contributed by atoms with van der Waals surface area (Å²) in [6, 6.07) is 17.7. The fourth-order valence-corrected chi connectivity index (χ4v) is 4.61. The quantitative estimate of drug-likeness (QED) is 0.391. The van der Waals surface area contributed by atoms with Gasteiger partial charge in [-0.25, -0.2) is 9.67 Å². The van der Waals surface area contributed by atoms with Crippen molar-refractivity contribution >= 4 is 28.4 Å². The summed E-state index contributed by atoms with van der Waals surface area (Å²) in [6.45, 7) is 6.23. The van der Waals surface area contributed by atoms with Gasteiger partial charge in [-0.2, -0.15) is 5.10 Å². The maximum atomic E-state index is 13.3. The molecule has 0 unspecified atom stereocenters. The maximum Gasteiger partial charge on any atom is 0.165 e. The van der Waals surface area contributed by atoms with Crippen LogP contribution in [0.2, 0.25) is 5.02 Å². The van der Waals surface area contributed by atoms with Crippen LogP contribution in [-0.4, -0.2) is 20.5 Å². The average Bonchev–Trinajstić information content (AvgIpc) is 3.03. The second kappa shape index (κ2) is 6.78. The molecule has 4 aromatic rings. The molecule has 150 valence electrons. The molecule has 0 N–H and O–H groups in total. The minimum absolute atomic E-state index is 0.116. The number of para-hydroxylation sites is 1. The lowest BCUT2D eigenvalue weighted by Crippen LogP contribution is -2.28. The summed E-state index contributed by atoms with van der Waals surface area (Å²) >= 11 is 6.15. The van der Waals surface area contributed by atoms with E-state index in [0.29, 0.717) is 11.4 Å². The molecule has 2 heterocycles. The van der Waals surface area contributed by atoms with Crippen LogP contribution in [-0.2, 0) is 6.42 Å². The van der Waals surface area contributed by atoms with Crippen LogP contribution in [0.3, 0.4) is 0 Å². The van der Waals surface area contributed by atoms with Crippen molar-refractivity contribution in [2.75, 3.05) is 0 Å². The number of nitrogens with zero attached hydrogens (tertiary/aromatic N) is 3. The van der Waals surface area contributed by atoms with Crippen molar-refractivity contribution in [2.24, 2.45) is 5.41 Å². The highest BCUT2D eigenvalue weighted by Gasteiger charge is 2.36. The Hall–Kier alpha value is -2.98. The van der Waals surface area contributed by atoms with Gasteiger partial charge < -0.3 is 0 Å². The van der Waals surface area contributed by atoms with Crippen LogP contribution in [0.5, 0.6) is 0 Å². The van der Waals surface area contributed by atoms with E-state index in [1.807, 2.05) is 66.2 Å². The summed E-state index contributed by atoms with van der Waals surface area (Å²) in [5.41, 5.74) is 5.95. The van der Waals surface area contributed by atoms with Crippen LogP contribution in [0.25, 0.3) is 27.8 Å². The molecule has 4 nitrogen and oxygen atoms in total. The van der Waals surface area contributed by atoms with Crippen LogP contribution in [0.15, 0.2) is 54.6 Å². The molecule has 0 radical (unpaired) electrons. The lowest BCUT2D eigenvalue weighted by atomic mass is 9.73. The Bertz CT molecular complexity index is 1290. The number of pyridine rings is 1. The van der Waals surface area contributed by atoms with Gasteiger partial charge in [0, 0.05) is 22.6 Å². The topological polar surface area (TPSA) is 47.8 Å². The summed E-state index contributed by atoms with van der Waals surface area (Å²) in [6.07, 6.45) is 1.27. The van der Waals surface area contributed by atoms with Gasteiger partial charge >= 0.3 is 0 Å². The monoisotopic (exact) mass is 415 g/mol. The SMILES string of the molecule is Cc1nn(-c2ccccc2)c2nc3c(c(-c4ccc(Cl)cc4)c12)C(=O)CC(C)(C)C3. The van der Waals surface area contributed by atoms with Crippen LogP contribution >= 0.6 is 11.6 Å². The number of ketones is 1. The van der Waals surface area contributed by atoms with E-state index in [2.05, 4.69) is 13.8 Å². The third-order valence-corrected chi connectivity index (χ3v) is 6.02. The number of hydrogen-bond acceptors (Lipinski definition) is 3. The van der Waals surface area contributed by atoms with Gasteiger partial charge in [0.1, 0.15) is 0 Å². The zero-order valence-corrected chi connectivity index (χ0v) is 18.0. The molecule has 2 aromatic heterocycles. The first-order valence-electron chi connectivity index (χ1n) is 10.1. The van der Waals surface area contributed by atoms with Crippen molar-refractivity contribution in [2.45, 2.75) is 33.6 Å². The van der Waals surface area contributed by atoms with Crippen LogP contribution in [0, 0.1) is 12.3 Å². The van der Waals surface area contributed by atoms with E-state index in [4.69, 9.17) is 21.7 Å². The first kappa shape index (κ1) is 19.0. The molecule has 0 bridgehead atoms. The van der Waals surface area contributed by atoms with E-state index < -0.39 is 0 Å².